The van der Waals surface area contributed by atoms with E-state index in [1.165, 1.54) is 6.08 Å². The third-order valence-corrected chi connectivity index (χ3v) is 16.4. The first-order valence-electron chi connectivity index (χ1n) is 20.2. The lowest BCUT2D eigenvalue weighted by molar-refractivity contribution is -0.155. The molecule has 1 fully saturated rings. The first-order valence-corrected chi connectivity index (χ1v) is 23.9. The molecule has 0 bridgehead atoms. The summed E-state index contributed by atoms with van der Waals surface area (Å²) in [7, 11) is -0.567. The van der Waals surface area contributed by atoms with E-state index in [9.17, 15) is 14.4 Å². The number of carbonyl (C=O) groups excluding carboxylic acids is 3. The van der Waals surface area contributed by atoms with Crippen LogP contribution in [0.3, 0.4) is 0 Å². The highest BCUT2D eigenvalue weighted by Crippen LogP contribution is 2.41. The molecule has 0 amide bonds. The molecule has 55 heavy (non-hydrogen) atoms. The molecule has 1 aliphatic rings. The normalized spacial score (nSPS) is 19.9. The monoisotopic (exact) mass is 846 g/mol. The summed E-state index contributed by atoms with van der Waals surface area (Å²) in [6, 6.07) is 7.90. The number of hydrogen-bond donors (Lipinski definition) is 0. The summed E-state index contributed by atoms with van der Waals surface area (Å²) in [5.74, 6) is 1.51. The Balaban J connectivity index is 2.27. The minimum atomic E-state index is -2.22. The van der Waals surface area contributed by atoms with Crippen molar-refractivity contribution in [1.29, 1.82) is 0 Å². The molecule has 1 aliphatic carbocycles. The lowest BCUT2D eigenvalue weighted by Crippen LogP contribution is -2.46. The van der Waals surface area contributed by atoms with Crippen LogP contribution in [-0.2, 0) is 39.6 Å². The third kappa shape index (κ3) is 17.7. The molecule has 0 aliphatic heterocycles. The van der Waals surface area contributed by atoms with E-state index in [1.54, 1.807) is 19.3 Å². The number of halogens is 1. The fourth-order valence-corrected chi connectivity index (χ4v) is 9.10. The zero-order chi connectivity index (χ0) is 41.2. The van der Waals surface area contributed by atoms with Gasteiger partial charge in [0.25, 0.3) is 0 Å². The molecule has 1 aromatic rings. The lowest BCUT2D eigenvalue weighted by atomic mass is 9.84. The molecule has 8 nitrogen and oxygen atoms in total. The van der Waals surface area contributed by atoms with Crippen molar-refractivity contribution in [3.05, 3.63) is 65.2 Å². The number of ether oxygens (including phenoxy) is 4. The summed E-state index contributed by atoms with van der Waals surface area (Å²) in [6.45, 7) is 24.6. The van der Waals surface area contributed by atoms with Crippen molar-refractivity contribution in [2.45, 2.75) is 137 Å². The zero-order valence-electron chi connectivity index (χ0n) is 35.4. The van der Waals surface area contributed by atoms with Gasteiger partial charge in [0.2, 0.25) is 0 Å². The Hall–Kier alpha value is -2.53. The molecule has 0 spiro atoms. The largest absolute Gasteiger partial charge is 0.497 e. The molecule has 2 rings (SSSR count). The van der Waals surface area contributed by atoms with Crippen LogP contribution >= 0.6 is 15.9 Å². The SMILES string of the molecule is C=CCOC(=O)/C(Br)=C/C=C/C[C@H](OC(=O)C[C@H](O[Si](C)(C)C(C)(C)C)[C@@H](C)C[C@@H](C)C[C@@H](C)C[C@H](C)C=O)[C@@H]1CCC[C@H]1COCc1ccc(OC)cc1. The van der Waals surface area contributed by atoms with Gasteiger partial charge in [0.15, 0.2) is 8.32 Å². The van der Waals surface area contributed by atoms with Gasteiger partial charge < -0.3 is 28.2 Å². The molecule has 1 saturated carbocycles. The van der Waals surface area contributed by atoms with E-state index < -0.39 is 14.3 Å². The summed E-state index contributed by atoms with van der Waals surface area (Å²) in [4.78, 5) is 37.6. The van der Waals surface area contributed by atoms with Gasteiger partial charge in [0.1, 0.15) is 29.2 Å². The van der Waals surface area contributed by atoms with E-state index >= 15 is 0 Å². The van der Waals surface area contributed by atoms with Gasteiger partial charge in [-0.2, -0.15) is 0 Å². The molecular formula is C45H71BrO8Si. The van der Waals surface area contributed by atoms with Crippen molar-refractivity contribution < 1.29 is 37.8 Å². The Bertz CT molecular complexity index is 1380. The molecular weight excluding hydrogens is 776 g/mol. The van der Waals surface area contributed by atoms with Gasteiger partial charge in [0, 0.05) is 18.3 Å². The number of benzene rings is 1. The molecule has 0 N–H and O–H groups in total. The first kappa shape index (κ1) is 48.6. The van der Waals surface area contributed by atoms with Crippen LogP contribution in [0.25, 0.3) is 0 Å². The zero-order valence-corrected chi connectivity index (χ0v) is 38.0. The maximum atomic E-state index is 14.1. The highest BCUT2D eigenvalue weighted by atomic mass is 79.9. The van der Waals surface area contributed by atoms with Crippen LogP contribution in [0.1, 0.15) is 105 Å². The molecule has 0 heterocycles. The molecule has 0 aromatic heterocycles. The maximum absolute atomic E-state index is 14.1. The number of aldehydes is 1. The molecule has 0 unspecified atom stereocenters. The predicted molar refractivity (Wildman–Crippen MR) is 229 cm³/mol. The van der Waals surface area contributed by atoms with Crippen LogP contribution < -0.4 is 4.74 Å². The van der Waals surface area contributed by atoms with E-state index in [4.69, 9.17) is 23.4 Å². The second-order valence-electron chi connectivity index (χ2n) is 17.4. The van der Waals surface area contributed by atoms with Crippen molar-refractivity contribution in [2.24, 2.45) is 35.5 Å². The van der Waals surface area contributed by atoms with E-state index in [0.717, 1.165) is 56.1 Å². The van der Waals surface area contributed by atoms with Crippen molar-refractivity contribution in [3.8, 4) is 5.75 Å². The van der Waals surface area contributed by atoms with Crippen LogP contribution in [0.4, 0.5) is 0 Å². The molecule has 310 valence electrons. The quantitative estimate of drug-likeness (QED) is 0.0240. The minimum Gasteiger partial charge on any atom is -0.497 e. The van der Waals surface area contributed by atoms with Gasteiger partial charge in [-0.05, 0) is 114 Å². The summed E-state index contributed by atoms with van der Waals surface area (Å²) in [5.41, 5.74) is 1.08. The molecule has 1 aromatic carbocycles. The van der Waals surface area contributed by atoms with E-state index in [2.05, 4.69) is 77.1 Å². The fraction of sp³-hybridized carbons (Fsp3) is 0.667. The van der Waals surface area contributed by atoms with Gasteiger partial charge in [0.05, 0.1) is 32.8 Å². The Morgan fingerprint density at radius 3 is 2.31 bits per heavy atom. The maximum Gasteiger partial charge on any atom is 0.345 e. The Kier molecular flexibility index (Phi) is 21.5. The summed E-state index contributed by atoms with van der Waals surface area (Å²) < 4.78 is 30.5. The van der Waals surface area contributed by atoms with Crippen LogP contribution in [-0.4, -0.2) is 59.1 Å². The third-order valence-electron chi connectivity index (χ3n) is 11.4. The van der Waals surface area contributed by atoms with Crippen molar-refractivity contribution in [1.82, 2.24) is 0 Å². The van der Waals surface area contributed by atoms with E-state index in [1.807, 2.05) is 37.3 Å². The molecule has 10 heteroatoms. The van der Waals surface area contributed by atoms with Gasteiger partial charge in [-0.25, -0.2) is 4.79 Å². The lowest BCUT2D eigenvalue weighted by Gasteiger charge is -2.41. The van der Waals surface area contributed by atoms with Crippen LogP contribution in [0.2, 0.25) is 18.1 Å². The van der Waals surface area contributed by atoms with Crippen LogP contribution in [0.15, 0.2) is 59.6 Å². The van der Waals surface area contributed by atoms with Crippen molar-refractivity contribution in [3.63, 3.8) is 0 Å². The number of methoxy groups -OCH3 is 1. The number of carbonyl (C=O) groups is 3. The van der Waals surface area contributed by atoms with Crippen molar-refractivity contribution in [2.75, 3.05) is 20.3 Å². The smallest absolute Gasteiger partial charge is 0.345 e. The number of hydrogen-bond acceptors (Lipinski definition) is 8. The molecule has 0 radical (unpaired) electrons. The van der Waals surface area contributed by atoms with E-state index in [0.29, 0.717) is 36.0 Å². The highest BCUT2D eigenvalue weighted by molar-refractivity contribution is 9.12. The average Bonchev–Trinajstić information content (AvgIpc) is 3.59. The second kappa shape index (κ2) is 24.3. The summed E-state index contributed by atoms with van der Waals surface area (Å²) in [5, 5.41) is -0.0178. The average molecular weight is 848 g/mol. The fourth-order valence-electron chi connectivity index (χ4n) is 7.41. The molecule has 0 saturated heterocycles. The Labute approximate surface area is 342 Å². The highest BCUT2D eigenvalue weighted by Gasteiger charge is 2.42. The predicted octanol–water partition coefficient (Wildman–Crippen LogP) is 11.2. The van der Waals surface area contributed by atoms with Crippen LogP contribution in [0.5, 0.6) is 5.75 Å². The first-order chi connectivity index (χ1) is 25.9. The van der Waals surface area contributed by atoms with Gasteiger partial charge in [-0.3, -0.25) is 4.79 Å². The van der Waals surface area contributed by atoms with E-state index in [-0.39, 0.29) is 59.9 Å². The van der Waals surface area contributed by atoms with Crippen molar-refractivity contribution >= 4 is 42.5 Å². The van der Waals surface area contributed by atoms with Crippen LogP contribution in [0, 0.1) is 35.5 Å². The van der Waals surface area contributed by atoms with Gasteiger partial charge >= 0.3 is 11.9 Å². The number of esters is 2. The second-order valence-corrected chi connectivity index (χ2v) is 23.1. The Morgan fingerprint density at radius 1 is 1.02 bits per heavy atom. The Morgan fingerprint density at radius 2 is 1.69 bits per heavy atom. The number of allylic oxidation sites excluding steroid dienone is 2. The minimum absolute atomic E-state index is 0.0178. The number of rotatable bonds is 25. The standard InChI is InChI=1S/C45H71BrO8Si/c1-12-24-52-44(49)40(46)18-13-14-19-41(39-17-15-16-37(39)31-51-30-36-20-22-38(50-9)23-21-36)53-43(48)28-42(54-55(10,11)45(6,7)8)35(5)27-33(3)25-32(2)26-34(4)29-47/h12-14,18,20-23,29,32-35,37,39,41-42H,1,15-17,19,24-28,30-31H2,2-11H3/b14-13+,40-18-/t32-,33+,34+,35+,37+,39-,41+,42+/m1/s1. The topological polar surface area (TPSA) is 97.4 Å². The van der Waals surface area contributed by atoms with Gasteiger partial charge in [-0.1, -0.05) is 91.8 Å². The summed E-state index contributed by atoms with van der Waals surface area (Å²) in [6.07, 6.45) is 13.8. The summed E-state index contributed by atoms with van der Waals surface area (Å²) >= 11 is 3.30. The van der Waals surface area contributed by atoms with Gasteiger partial charge in [-0.15, -0.1) is 0 Å². The molecule has 8 atom stereocenters.